The van der Waals surface area contributed by atoms with Crippen LogP contribution < -0.4 is 20.5 Å². The van der Waals surface area contributed by atoms with E-state index < -0.39 is 0 Å². The van der Waals surface area contributed by atoms with Crippen LogP contribution in [0.3, 0.4) is 0 Å². The quantitative estimate of drug-likeness (QED) is 0.209. The van der Waals surface area contributed by atoms with Crippen molar-refractivity contribution in [1.29, 1.82) is 0 Å². The van der Waals surface area contributed by atoms with E-state index in [9.17, 15) is 0 Å². The van der Waals surface area contributed by atoms with Crippen molar-refractivity contribution in [1.82, 2.24) is 10.2 Å². The van der Waals surface area contributed by atoms with Crippen LogP contribution in [-0.2, 0) is 13.0 Å². The van der Waals surface area contributed by atoms with E-state index in [1.54, 1.807) is 7.11 Å². The lowest BCUT2D eigenvalue weighted by Crippen LogP contribution is -2.33. The number of nitrogens with two attached hydrogens (primary N) is 1. The molecule has 160 valence electrons. The average molecular weight is 512 g/mol. The van der Waals surface area contributed by atoms with Crippen LogP contribution in [0.4, 0.5) is 0 Å². The molecule has 0 aliphatic heterocycles. The normalized spacial score (nSPS) is 11.1. The van der Waals surface area contributed by atoms with Crippen LogP contribution in [0.2, 0.25) is 0 Å². The lowest BCUT2D eigenvalue weighted by atomic mass is 10.1. The highest BCUT2D eigenvalue weighted by atomic mass is 127. The van der Waals surface area contributed by atoms with Crippen molar-refractivity contribution in [3.05, 3.63) is 59.7 Å². The van der Waals surface area contributed by atoms with Crippen molar-refractivity contribution < 1.29 is 9.47 Å². The van der Waals surface area contributed by atoms with Gasteiger partial charge in [0.25, 0.3) is 0 Å². The Kier molecular flexibility index (Phi) is 12.1. The lowest BCUT2D eigenvalue weighted by molar-refractivity contribution is 0.281. The summed E-state index contributed by atoms with van der Waals surface area (Å²) in [6.07, 6.45) is 1.89. The third-order valence-electron chi connectivity index (χ3n) is 4.25. The molecule has 0 unspecified atom stereocenters. The summed E-state index contributed by atoms with van der Waals surface area (Å²) in [5.74, 6) is 2.21. The largest absolute Gasteiger partial charge is 0.497 e. The lowest BCUT2D eigenvalue weighted by Gasteiger charge is -2.10. The first-order chi connectivity index (χ1) is 13.6. The predicted octanol–water partition coefficient (Wildman–Crippen LogP) is 3.29. The van der Waals surface area contributed by atoms with Gasteiger partial charge in [0.15, 0.2) is 5.96 Å². The van der Waals surface area contributed by atoms with Gasteiger partial charge in [-0.25, -0.2) is 4.99 Å². The van der Waals surface area contributed by atoms with Gasteiger partial charge in [-0.1, -0.05) is 24.3 Å². The van der Waals surface area contributed by atoms with Gasteiger partial charge in [0.05, 0.1) is 20.3 Å². The Labute approximate surface area is 191 Å². The molecule has 0 aromatic heterocycles. The van der Waals surface area contributed by atoms with Crippen LogP contribution in [0, 0.1) is 0 Å². The molecule has 0 heterocycles. The Morgan fingerprint density at radius 2 is 1.62 bits per heavy atom. The molecule has 0 aliphatic rings. The van der Waals surface area contributed by atoms with Crippen molar-refractivity contribution in [2.24, 2.45) is 10.7 Å². The van der Waals surface area contributed by atoms with Gasteiger partial charge < -0.3 is 25.4 Å². The fourth-order valence-corrected chi connectivity index (χ4v) is 2.62. The molecule has 0 fully saturated rings. The molecule has 0 bridgehead atoms. The summed E-state index contributed by atoms with van der Waals surface area (Å²) in [6, 6.07) is 16.0. The van der Waals surface area contributed by atoms with Crippen LogP contribution in [0.25, 0.3) is 0 Å². The number of hydrogen-bond donors (Lipinski definition) is 2. The van der Waals surface area contributed by atoms with E-state index in [2.05, 4.69) is 41.4 Å². The first-order valence-electron chi connectivity index (χ1n) is 9.60. The summed E-state index contributed by atoms with van der Waals surface area (Å²) in [7, 11) is 5.80. The SMILES string of the molecule is COc1ccc(CCNC(N)=NCc2ccc(OCCCN(C)C)cc2)cc1.I. The number of aliphatic imine (C=N–C) groups is 1. The summed E-state index contributed by atoms with van der Waals surface area (Å²) in [5, 5.41) is 3.15. The topological polar surface area (TPSA) is 72.1 Å². The van der Waals surface area contributed by atoms with Gasteiger partial charge in [0.1, 0.15) is 11.5 Å². The Balaban J connectivity index is 0.00000420. The Morgan fingerprint density at radius 1 is 1.00 bits per heavy atom. The van der Waals surface area contributed by atoms with E-state index >= 15 is 0 Å². The number of methoxy groups -OCH3 is 1. The zero-order chi connectivity index (χ0) is 20.2. The van der Waals surface area contributed by atoms with E-state index in [1.807, 2.05) is 36.4 Å². The molecule has 29 heavy (non-hydrogen) atoms. The number of hydrogen-bond acceptors (Lipinski definition) is 4. The van der Waals surface area contributed by atoms with Gasteiger partial charge >= 0.3 is 0 Å². The number of halogens is 1. The number of nitrogens with zero attached hydrogens (tertiary/aromatic N) is 2. The van der Waals surface area contributed by atoms with Crippen LogP contribution in [0.1, 0.15) is 17.5 Å². The summed E-state index contributed by atoms with van der Waals surface area (Å²) in [5.41, 5.74) is 8.28. The van der Waals surface area contributed by atoms with Crippen molar-refractivity contribution in [3.63, 3.8) is 0 Å². The van der Waals surface area contributed by atoms with E-state index in [0.717, 1.165) is 49.6 Å². The molecule has 3 N–H and O–H groups in total. The smallest absolute Gasteiger partial charge is 0.188 e. The maximum atomic E-state index is 5.96. The number of rotatable bonds is 11. The number of benzene rings is 2. The molecule has 7 heteroatoms. The maximum absolute atomic E-state index is 5.96. The minimum absolute atomic E-state index is 0. The highest BCUT2D eigenvalue weighted by molar-refractivity contribution is 14.0. The molecule has 2 aromatic rings. The molecule has 0 aliphatic carbocycles. The standard InChI is InChI=1S/C22H32N4O2.HI/c1-26(2)15-4-16-28-21-11-7-19(8-12-21)17-25-22(23)24-14-13-18-5-9-20(27-3)10-6-18;/h5-12H,4,13-17H2,1-3H3,(H3,23,24,25);1H. The van der Waals surface area contributed by atoms with Gasteiger partial charge in [-0.05, 0) is 62.3 Å². The second kappa shape index (κ2) is 14.1. The molecule has 0 atom stereocenters. The highest BCUT2D eigenvalue weighted by Gasteiger charge is 1.99. The van der Waals surface area contributed by atoms with E-state index in [-0.39, 0.29) is 24.0 Å². The van der Waals surface area contributed by atoms with E-state index in [4.69, 9.17) is 15.2 Å². The Hall–Kier alpha value is -2.00. The minimum atomic E-state index is 0. The van der Waals surface area contributed by atoms with Crippen LogP contribution in [-0.4, -0.2) is 51.8 Å². The summed E-state index contributed by atoms with van der Waals surface area (Å²) >= 11 is 0. The monoisotopic (exact) mass is 512 g/mol. The molecule has 0 saturated carbocycles. The zero-order valence-corrected chi connectivity index (χ0v) is 19.9. The number of nitrogens with one attached hydrogen (secondary N) is 1. The molecule has 0 amide bonds. The second-order valence-electron chi connectivity index (χ2n) is 6.88. The predicted molar refractivity (Wildman–Crippen MR) is 131 cm³/mol. The molecule has 0 spiro atoms. The number of guanidine groups is 1. The van der Waals surface area contributed by atoms with Crippen LogP contribution in [0.5, 0.6) is 11.5 Å². The second-order valence-corrected chi connectivity index (χ2v) is 6.88. The van der Waals surface area contributed by atoms with Crippen molar-refractivity contribution in [2.75, 3.05) is 40.9 Å². The van der Waals surface area contributed by atoms with Crippen molar-refractivity contribution in [2.45, 2.75) is 19.4 Å². The summed E-state index contributed by atoms with van der Waals surface area (Å²) < 4.78 is 10.9. The molecule has 2 rings (SSSR count). The molecular weight excluding hydrogens is 479 g/mol. The third kappa shape index (κ3) is 10.4. The van der Waals surface area contributed by atoms with Crippen molar-refractivity contribution in [3.8, 4) is 11.5 Å². The minimum Gasteiger partial charge on any atom is -0.497 e. The summed E-state index contributed by atoms with van der Waals surface area (Å²) in [4.78, 5) is 6.55. The maximum Gasteiger partial charge on any atom is 0.188 e. The van der Waals surface area contributed by atoms with Gasteiger partial charge in [-0.15, -0.1) is 24.0 Å². The van der Waals surface area contributed by atoms with Gasteiger partial charge in [-0.3, -0.25) is 0 Å². The highest BCUT2D eigenvalue weighted by Crippen LogP contribution is 2.13. The number of ether oxygens (including phenoxy) is 2. The third-order valence-corrected chi connectivity index (χ3v) is 4.25. The molecule has 0 radical (unpaired) electrons. The zero-order valence-electron chi connectivity index (χ0n) is 17.6. The van der Waals surface area contributed by atoms with Gasteiger partial charge in [0.2, 0.25) is 0 Å². The first-order valence-corrected chi connectivity index (χ1v) is 9.60. The van der Waals surface area contributed by atoms with E-state index in [1.165, 1.54) is 5.56 Å². The fraction of sp³-hybridized carbons (Fsp3) is 0.409. The Morgan fingerprint density at radius 3 is 2.24 bits per heavy atom. The molecule has 0 saturated heterocycles. The van der Waals surface area contributed by atoms with Crippen molar-refractivity contribution >= 4 is 29.9 Å². The van der Waals surface area contributed by atoms with E-state index in [0.29, 0.717) is 12.5 Å². The molecule has 6 nitrogen and oxygen atoms in total. The van der Waals surface area contributed by atoms with Gasteiger partial charge in [-0.2, -0.15) is 0 Å². The Bertz CT molecular complexity index is 719. The average Bonchev–Trinajstić information content (AvgIpc) is 2.71. The fourth-order valence-electron chi connectivity index (χ4n) is 2.62. The van der Waals surface area contributed by atoms with Crippen LogP contribution in [0.15, 0.2) is 53.5 Å². The summed E-state index contributed by atoms with van der Waals surface area (Å²) in [6.45, 7) is 3.03. The van der Waals surface area contributed by atoms with Gasteiger partial charge in [0, 0.05) is 13.1 Å². The molecular formula is C22H33IN4O2. The first kappa shape index (κ1) is 25.0. The van der Waals surface area contributed by atoms with Crippen LogP contribution >= 0.6 is 24.0 Å². The molecule has 2 aromatic carbocycles.